The first kappa shape index (κ1) is 27.5. The minimum Gasteiger partial charge on any atom is -0.508 e. The number of methoxy groups -OCH3 is 3. The predicted molar refractivity (Wildman–Crippen MR) is 157 cm³/mol. The van der Waals surface area contributed by atoms with E-state index in [1.165, 1.54) is 57.7 Å². The van der Waals surface area contributed by atoms with Crippen LogP contribution in [0.4, 0.5) is 0 Å². The van der Waals surface area contributed by atoms with Crippen LogP contribution in [0, 0.1) is 0 Å². The van der Waals surface area contributed by atoms with E-state index in [9.17, 15) is 24.9 Å². The molecule has 0 aliphatic carbocycles. The molecule has 1 atom stereocenters. The van der Waals surface area contributed by atoms with Gasteiger partial charge in [-0.1, -0.05) is 12.1 Å². The number of benzene rings is 4. The Kier molecular flexibility index (Phi) is 6.81. The summed E-state index contributed by atoms with van der Waals surface area (Å²) < 4.78 is 28.6. The van der Waals surface area contributed by atoms with Crippen molar-refractivity contribution in [2.75, 3.05) is 21.3 Å². The molecule has 0 radical (unpaired) electrons. The van der Waals surface area contributed by atoms with Crippen molar-refractivity contribution in [2.24, 2.45) is 0 Å². The van der Waals surface area contributed by atoms with Gasteiger partial charge in [0.25, 0.3) is 0 Å². The van der Waals surface area contributed by atoms with Gasteiger partial charge in [0.2, 0.25) is 0 Å². The van der Waals surface area contributed by atoms with Crippen LogP contribution in [-0.4, -0.2) is 42.4 Å². The average Bonchev–Trinajstić information content (AvgIpc) is 3.00. The highest BCUT2D eigenvalue weighted by atomic mass is 16.5. The molecule has 1 aliphatic rings. The first-order valence-corrected chi connectivity index (χ1v) is 13.2. The van der Waals surface area contributed by atoms with Crippen molar-refractivity contribution in [3.63, 3.8) is 0 Å². The molecule has 3 N–H and O–H groups in total. The Labute approximate surface area is 244 Å². The predicted octanol–water partition coefficient (Wildman–Crippen LogP) is 5.98. The summed E-state index contributed by atoms with van der Waals surface area (Å²) >= 11 is 0. The minimum atomic E-state index is -0.623. The van der Waals surface area contributed by atoms with Gasteiger partial charge in [-0.15, -0.1) is 0 Å². The number of phenols is 3. The molecule has 2 heterocycles. The zero-order valence-electron chi connectivity index (χ0n) is 23.3. The summed E-state index contributed by atoms with van der Waals surface area (Å²) in [6, 6.07) is 16.9. The van der Waals surface area contributed by atoms with Gasteiger partial charge >= 0.3 is 0 Å². The first-order chi connectivity index (χ1) is 20.7. The lowest BCUT2D eigenvalue weighted by Crippen LogP contribution is -2.21. The van der Waals surface area contributed by atoms with Crippen LogP contribution < -0.4 is 24.4 Å². The maximum atomic E-state index is 13.4. The third-order valence-corrected chi connectivity index (χ3v) is 7.40. The number of rotatable bonds is 6. The molecular formula is C33H26O10. The fourth-order valence-electron chi connectivity index (χ4n) is 5.31. The van der Waals surface area contributed by atoms with E-state index in [1.54, 1.807) is 30.3 Å². The number of hydrogen-bond acceptors (Lipinski definition) is 10. The third-order valence-electron chi connectivity index (χ3n) is 7.40. The molecule has 1 unspecified atom stereocenters. The van der Waals surface area contributed by atoms with Crippen molar-refractivity contribution in [2.45, 2.75) is 12.5 Å². The van der Waals surface area contributed by atoms with Gasteiger partial charge in [-0.2, -0.15) is 0 Å². The number of phenolic OH excluding ortho intramolecular Hbond substituents is 3. The Balaban J connectivity index is 1.49. The lowest BCUT2D eigenvalue weighted by molar-refractivity contribution is 0.0845. The van der Waals surface area contributed by atoms with Crippen molar-refractivity contribution in [3.8, 4) is 62.7 Å². The number of aromatic hydroxyl groups is 3. The zero-order valence-corrected chi connectivity index (χ0v) is 23.3. The van der Waals surface area contributed by atoms with Gasteiger partial charge in [0.1, 0.15) is 68.6 Å². The largest absolute Gasteiger partial charge is 0.508 e. The first-order valence-electron chi connectivity index (χ1n) is 13.2. The molecule has 5 aromatic rings. The molecule has 4 aromatic carbocycles. The van der Waals surface area contributed by atoms with Gasteiger partial charge < -0.3 is 38.7 Å². The number of ether oxygens (including phenoxy) is 4. The molecule has 0 fully saturated rings. The van der Waals surface area contributed by atoms with Crippen molar-refractivity contribution < 1.29 is 43.5 Å². The van der Waals surface area contributed by atoms with Crippen LogP contribution in [0.25, 0.3) is 33.4 Å². The summed E-state index contributed by atoms with van der Waals surface area (Å²) in [7, 11) is 4.31. The van der Waals surface area contributed by atoms with Gasteiger partial charge in [-0.3, -0.25) is 9.59 Å². The van der Waals surface area contributed by atoms with E-state index >= 15 is 0 Å². The average molecular weight is 583 g/mol. The molecule has 0 amide bonds. The summed E-state index contributed by atoms with van der Waals surface area (Å²) in [5.41, 5.74) is 1.34. The molecule has 0 spiro atoms. The van der Waals surface area contributed by atoms with Gasteiger partial charge in [-0.25, -0.2) is 0 Å². The number of hydrogen-bond donors (Lipinski definition) is 3. The second-order valence-corrected chi connectivity index (χ2v) is 9.91. The van der Waals surface area contributed by atoms with Crippen LogP contribution in [0.1, 0.15) is 28.4 Å². The zero-order chi connectivity index (χ0) is 30.4. The normalized spacial score (nSPS) is 14.2. The van der Waals surface area contributed by atoms with E-state index in [0.717, 1.165) is 0 Å². The van der Waals surface area contributed by atoms with Gasteiger partial charge in [-0.05, 0) is 35.9 Å². The Bertz CT molecular complexity index is 1960. The monoisotopic (exact) mass is 582 g/mol. The van der Waals surface area contributed by atoms with Crippen LogP contribution in [0.3, 0.4) is 0 Å². The highest BCUT2D eigenvalue weighted by molar-refractivity contribution is 6.06. The highest BCUT2D eigenvalue weighted by Gasteiger charge is 2.34. The number of carbonyl (C=O) groups excluding carboxylic acids is 1. The Morgan fingerprint density at radius 2 is 1.53 bits per heavy atom. The number of ketones is 1. The van der Waals surface area contributed by atoms with Crippen LogP contribution in [0.2, 0.25) is 0 Å². The topological polar surface area (TPSA) is 145 Å². The van der Waals surface area contributed by atoms with Crippen LogP contribution in [0.5, 0.6) is 40.2 Å². The molecule has 43 heavy (non-hydrogen) atoms. The van der Waals surface area contributed by atoms with Crippen LogP contribution >= 0.6 is 0 Å². The SMILES string of the molecule is COc1cc(O)c2c(=O)cc(-c3ccc(OC)c(-c4c(OC)cc5c(c4O)C(=O)CC(c4ccc(O)cc4)O5)c3)oc2c1. The summed E-state index contributed by atoms with van der Waals surface area (Å²) in [5, 5.41) is 31.5. The number of carbonyl (C=O) groups is 1. The molecule has 6 rings (SSSR count). The van der Waals surface area contributed by atoms with E-state index < -0.39 is 11.5 Å². The van der Waals surface area contributed by atoms with Crippen molar-refractivity contribution in [1.82, 2.24) is 0 Å². The maximum absolute atomic E-state index is 13.4. The maximum Gasteiger partial charge on any atom is 0.197 e. The van der Waals surface area contributed by atoms with Crippen LogP contribution in [-0.2, 0) is 0 Å². The Morgan fingerprint density at radius 1 is 0.791 bits per heavy atom. The van der Waals surface area contributed by atoms with E-state index in [0.29, 0.717) is 28.2 Å². The summed E-state index contributed by atoms with van der Waals surface area (Å²) in [4.78, 5) is 26.3. The molecular weight excluding hydrogens is 556 g/mol. The van der Waals surface area contributed by atoms with E-state index in [-0.39, 0.29) is 68.8 Å². The van der Waals surface area contributed by atoms with Crippen molar-refractivity contribution in [3.05, 3.63) is 88.1 Å². The third kappa shape index (κ3) is 4.72. The summed E-state index contributed by atoms with van der Waals surface area (Å²) in [6.45, 7) is 0. The van der Waals surface area contributed by atoms with Gasteiger partial charge in [0.15, 0.2) is 11.2 Å². The second kappa shape index (κ2) is 10.6. The molecule has 0 saturated carbocycles. The number of fused-ring (bicyclic) bond motifs is 2. The quantitative estimate of drug-likeness (QED) is 0.219. The molecule has 0 bridgehead atoms. The fraction of sp³-hybridized carbons (Fsp3) is 0.152. The Hall–Kier alpha value is -5.64. The van der Waals surface area contributed by atoms with Crippen LogP contribution in [0.15, 0.2) is 75.9 Å². The van der Waals surface area contributed by atoms with E-state index in [4.69, 9.17) is 23.4 Å². The molecule has 218 valence electrons. The highest BCUT2D eigenvalue weighted by Crippen LogP contribution is 2.51. The molecule has 10 nitrogen and oxygen atoms in total. The van der Waals surface area contributed by atoms with Gasteiger partial charge in [0, 0.05) is 35.4 Å². The molecule has 1 aromatic heterocycles. The second-order valence-electron chi connectivity index (χ2n) is 9.91. The molecule has 10 heteroatoms. The Morgan fingerprint density at radius 3 is 2.23 bits per heavy atom. The minimum absolute atomic E-state index is 0.00177. The summed E-state index contributed by atoms with van der Waals surface area (Å²) in [6.07, 6.45) is -0.658. The number of Topliss-reactive ketones (excluding diaryl/α,β-unsaturated/α-hetero) is 1. The van der Waals surface area contributed by atoms with E-state index in [2.05, 4.69) is 0 Å². The van der Waals surface area contributed by atoms with Crippen molar-refractivity contribution in [1.29, 1.82) is 0 Å². The smallest absolute Gasteiger partial charge is 0.197 e. The van der Waals surface area contributed by atoms with Gasteiger partial charge in [0.05, 0.1) is 33.3 Å². The standard InChI is InChI=1S/C33H26O10/c1-39-19-11-21(35)31-22(36)13-26(43-28(31)12-19)17-6-9-24(40-2)20(10-17)30-27(41-3)15-29-32(33(30)38)23(37)14-25(42-29)16-4-7-18(34)8-5-16/h4-13,15,25,34-35,38H,14H2,1-3H3. The fourth-order valence-corrected chi connectivity index (χ4v) is 5.31. The summed E-state index contributed by atoms with van der Waals surface area (Å²) in [5.74, 6) is 0.327. The lowest BCUT2D eigenvalue weighted by Gasteiger charge is -2.28. The molecule has 0 saturated heterocycles. The lowest BCUT2D eigenvalue weighted by atomic mass is 9.90. The molecule has 1 aliphatic heterocycles. The van der Waals surface area contributed by atoms with Crippen molar-refractivity contribution >= 4 is 16.8 Å². The van der Waals surface area contributed by atoms with E-state index in [1.807, 2.05) is 0 Å².